The number of carbonyl (C=O) groups excluding carboxylic acids is 2. The number of hydrogen-bond donors (Lipinski definition) is 2. The highest BCUT2D eigenvalue weighted by molar-refractivity contribution is 5.95. The van der Waals surface area contributed by atoms with Crippen LogP contribution < -0.4 is 20.3 Å². The van der Waals surface area contributed by atoms with E-state index in [1.165, 1.54) is 12.8 Å². The van der Waals surface area contributed by atoms with Crippen molar-refractivity contribution in [2.45, 2.75) is 39.5 Å². The molecule has 0 unspecified atom stereocenters. The SMILES string of the molecule is CCCCCCOc1ccc(C(=O)NNC(=O)COc2ccccc2C)cc1. The van der Waals surface area contributed by atoms with Crippen LogP contribution in [0.25, 0.3) is 0 Å². The number of aryl methyl sites for hydroxylation is 1. The second-order valence-corrected chi connectivity index (χ2v) is 6.49. The summed E-state index contributed by atoms with van der Waals surface area (Å²) in [5.74, 6) is 0.514. The van der Waals surface area contributed by atoms with E-state index in [9.17, 15) is 9.59 Å². The molecule has 6 heteroatoms. The van der Waals surface area contributed by atoms with Crippen LogP contribution in [0, 0.1) is 6.92 Å². The molecule has 0 bridgehead atoms. The van der Waals surface area contributed by atoms with Crippen molar-refractivity contribution in [1.82, 2.24) is 10.9 Å². The zero-order chi connectivity index (χ0) is 20.2. The molecule has 0 aromatic heterocycles. The minimum absolute atomic E-state index is 0.185. The molecule has 2 N–H and O–H groups in total. The van der Waals surface area contributed by atoms with Crippen LogP contribution in [0.5, 0.6) is 11.5 Å². The van der Waals surface area contributed by atoms with Crippen LogP contribution in [-0.4, -0.2) is 25.0 Å². The van der Waals surface area contributed by atoms with Gasteiger partial charge in [-0.15, -0.1) is 0 Å². The van der Waals surface area contributed by atoms with Gasteiger partial charge in [0.25, 0.3) is 11.8 Å². The summed E-state index contributed by atoms with van der Waals surface area (Å²) in [7, 11) is 0. The van der Waals surface area contributed by atoms with Crippen molar-refractivity contribution in [3.05, 3.63) is 59.7 Å². The van der Waals surface area contributed by atoms with Gasteiger partial charge in [0.15, 0.2) is 6.61 Å². The number of nitrogens with one attached hydrogen (secondary N) is 2. The second-order valence-electron chi connectivity index (χ2n) is 6.49. The maximum absolute atomic E-state index is 12.1. The molecular formula is C22H28N2O4. The van der Waals surface area contributed by atoms with Crippen molar-refractivity contribution in [2.75, 3.05) is 13.2 Å². The number of unbranched alkanes of at least 4 members (excludes halogenated alkanes) is 3. The van der Waals surface area contributed by atoms with Crippen LogP contribution in [0.15, 0.2) is 48.5 Å². The molecule has 2 aromatic carbocycles. The lowest BCUT2D eigenvalue weighted by Crippen LogP contribution is -2.43. The Bertz CT molecular complexity index is 759. The average molecular weight is 384 g/mol. The lowest BCUT2D eigenvalue weighted by Gasteiger charge is -2.10. The highest BCUT2D eigenvalue weighted by Crippen LogP contribution is 2.16. The molecule has 0 spiro atoms. The average Bonchev–Trinajstić information content (AvgIpc) is 2.71. The first-order valence-corrected chi connectivity index (χ1v) is 9.60. The number of hydrogen-bond acceptors (Lipinski definition) is 4. The first kappa shape index (κ1) is 21.3. The zero-order valence-electron chi connectivity index (χ0n) is 16.5. The van der Waals surface area contributed by atoms with Gasteiger partial charge in [0.2, 0.25) is 0 Å². The number of carbonyl (C=O) groups is 2. The Labute approximate surface area is 166 Å². The third-order valence-electron chi connectivity index (χ3n) is 4.15. The quantitative estimate of drug-likeness (QED) is 0.483. The summed E-state index contributed by atoms with van der Waals surface area (Å²) in [6.45, 7) is 4.55. The van der Waals surface area contributed by atoms with Gasteiger partial charge in [-0.2, -0.15) is 0 Å². The molecule has 0 saturated carbocycles. The molecule has 0 fully saturated rings. The van der Waals surface area contributed by atoms with Crippen LogP contribution in [0.3, 0.4) is 0 Å². The third-order valence-corrected chi connectivity index (χ3v) is 4.15. The first-order chi connectivity index (χ1) is 13.6. The minimum Gasteiger partial charge on any atom is -0.494 e. The molecule has 2 rings (SSSR count). The van der Waals surface area contributed by atoms with E-state index in [2.05, 4.69) is 17.8 Å². The molecule has 2 amide bonds. The molecule has 2 aromatic rings. The van der Waals surface area contributed by atoms with Crippen LogP contribution in [0.2, 0.25) is 0 Å². The van der Waals surface area contributed by atoms with Gasteiger partial charge < -0.3 is 9.47 Å². The van der Waals surface area contributed by atoms with E-state index in [4.69, 9.17) is 9.47 Å². The molecule has 6 nitrogen and oxygen atoms in total. The number of rotatable bonds is 10. The molecule has 28 heavy (non-hydrogen) atoms. The summed E-state index contributed by atoms with van der Waals surface area (Å²) in [5, 5.41) is 0. The normalized spacial score (nSPS) is 10.2. The topological polar surface area (TPSA) is 76.7 Å². The van der Waals surface area contributed by atoms with Crippen LogP contribution >= 0.6 is 0 Å². The summed E-state index contributed by atoms with van der Waals surface area (Å²) in [6.07, 6.45) is 4.58. The van der Waals surface area contributed by atoms with E-state index >= 15 is 0 Å². The Hall–Kier alpha value is -3.02. The Morgan fingerprint density at radius 1 is 0.893 bits per heavy atom. The predicted octanol–water partition coefficient (Wildman–Crippen LogP) is 3.79. The number of benzene rings is 2. The van der Waals surface area contributed by atoms with Crippen molar-refractivity contribution in [1.29, 1.82) is 0 Å². The molecule has 0 atom stereocenters. The number of hydrazine groups is 1. The van der Waals surface area contributed by atoms with Gasteiger partial charge >= 0.3 is 0 Å². The molecule has 0 aliphatic carbocycles. The van der Waals surface area contributed by atoms with E-state index in [0.717, 1.165) is 24.2 Å². The maximum Gasteiger partial charge on any atom is 0.276 e. The first-order valence-electron chi connectivity index (χ1n) is 9.60. The van der Waals surface area contributed by atoms with Crippen molar-refractivity contribution in [3.8, 4) is 11.5 Å². The Kier molecular flexibility index (Phi) is 8.85. The van der Waals surface area contributed by atoms with Crippen LogP contribution in [0.1, 0.15) is 48.5 Å². The number of para-hydroxylation sites is 1. The van der Waals surface area contributed by atoms with E-state index in [1.54, 1.807) is 30.3 Å². The fourth-order valence-electron chi connectivity index (χ4n) is 2.52. The van der Waals surface area contributed by atoms with Crippen LogP contribution in [-0.2, 0) is 4.79 Å². The monoisotopic (exact) mass is 384 g/mol. The molecule has 150 valence electrons. The van der Waals surface area contributed by atoms with E-state index in [0.29, 0.717) is 17.9 Å². The third kappa shape index (κ3) is 7.31. The Morgan fingerprint density at radius 3 is 2.36 bits per heavy atom. The van der Waals surface area contributed by atoms with Crippen molar-refractivity contribution >= 4 is 11.8 Å². The summed E-state index contributed by atoms with van der Waals surface area (Å²) >= 11 is 0. The van der Waals surface area contributed by atoms with Crippen molar-refractivity contribution in [3.63, 3.8) is 0 Å². The number of amides is 2. The van der Waals surface area contributed by atoms with Gasteiger partial charge in [-0.3, -0.25) is 20.4 Å². The largest absolute Gasteiger partial charge is 0.494 e. The molecule has 0 aliphatic rings. The maximum atomic E-state index is 12.1. The lowest BCUT2D eigenvalue weighted by atomic mass is 10.2. The van der Waals surface area contributed by atoms with Gasteiger partial charge in [0.05, 0.1) is 6.61 Å². The van der Waals surface area contributed by atoms with Gasteiger partial charge in [-0.1, -0.05) is 44.4 Å². The summed E-state index contributed by atoms with van der Waals surface area (Å²) in [5.41, 5.74) is 6.09. The Balaban J connectivity index is 1.70. The van der Waals surface area contributed by atoms with Gasteiger partial charge in [0, 0.05) is 5.56 Å². The standard InChI is InChI=1S/C22H28N2O4/c1-3-4-5-8-15-27-19-13-11-18(12-14-19)22(26)24-23-21(25)16-28-20-10-7-6-9-17(20)2/h6-7,9-14H,3-5,8,15-16H2,1-2H3,(H,23,25)(H,24,26). The fourth-order valence-corrected chi connectivity index (χ4v) is 2.52. The highest BCUT2D eigenvalue weighted by atomic mass is 16.5. The van der Waals surface area contributed by atoms with Gasteiger partial charge in [-0.05, 0) is 49.2 Å². The fraction of sp³-hybridized carbons (Fsp3) is 0.364. The predicted molar refractivity (Wildman–Crippen MR) is 108 cm³/mol. The van der Waals surface area contributed by atoms with E-state index < -0.39 is 11.8 Å². The summed E-state index contributed by atoms with van der Waals surface area (Å²) in [6, 6.07) is 14.2. The second kappa shape index (κ2) is 11.6. The Morgan fingerprint density at radius 2 is 1.64 bits per heavy atom. The minimum atomic E-state index is -0.441. The molecule has 0 saturated heterocycles. The molecule has 0 heterocycles. The van der Waals surface area contributed by atoms with Gasteiger partial charge in [0.1, 0.15) is 11.5 Å². The lowest BCUT2D eigenvalue weighted by molar-refractivity contribution is -0.123. The highest BCUT2D eigenvalue weighted by Gasteiger charge is 2.09. The van der Waals surface area contributed by atoms with Crippen LogP contribution in [0.4, 0.5) is 0 Å². The van der Waals surface area contributed by atoms with E-state index in [-0.39, 0.29) is 6.61 Å². The zero-order valence-corrected chi connectivity index (χ0v) is 16.5. The molecular weight excluding hydrogens is 356 g/mol. The smallest absolute Gasteiger partial charge is 0.276 e. The van der Waals surface area contributed by atoms with Crippen molar-refractivity contribution < 1.29 is 19.1 Å². The number of ether oxygens (including phenoxy) is 2. The van der Waals surface area contributed by atoms with Crippen molar-refractivity contribution in [2.24, 2.45) is 0 Å². The molecule has 0 radical (unpaired) electrons. The summed E-state index contributed by atoms with van der Waals surface area (Å²) < 4.78 is 11.1. The van der Waals surface area contributed by atoms with E-state index in [1.807, 2.05) is 25.1 Å². The summed E-state index contributed by atoms with van der Waals surface area (Å²) in [4.78, 5) is 24.0. The molecule has 0 aliphatic heterocycles. The van der Waals surface area contributed by atoms with Gasteiger partial charge in [-0.25, -0.2) is 0 Å².